The normalized spacial score (nSPS) is 10.7. The predicted octanol–water partition coefficient (Wildman–Crippen LogP) is 2.12. The van der Waals surface area contributed by atoms with Crippen molar-refractivity contribution in [2.75, 3.05) is 0 Å². The maximum atomic E-state index is 10.9. The second-order valence-electron chi connectivity index (χ2n) is 3.83. The van der Waals surface area contributed by atoms with E-state index >= 15 is 0 Å². The van der Waals surface area contributed by atoms with Crippen molar-refractivity contribution in [2.45, 2.75) is 27.3 Å². The van der Waals surface area contributed by atoms with Gasteiger partial charge in [0, 0.05) is 29.7 Å². The highest BCUT2D eigenvalue weighted by Gasteiger charge is 2.10. The van der Waals surface area contributed by atoms with Crippen LogP contribution in [0.2, 0.25) is 0 Å². The average Bonchev–Trinajstić information content (AvgIpc) is 2.83. The highest BCUT2D eigenvalue weighted by molar-refractivity contribution is 5.77. The van der Waals surface area contributed by atoms with Crippen LogP contribution in [0.4, 0.5) is 0 Å². The van der Waals surface area contributed by atoms with Gasteiger partial charge in [-0.05, 0) is 26.8 Å². The number of aryl methyl sites for hydroxylation is 2. The lowest BCUT2D eigenvalue weighted by atomic mass is 10.3. The number of aldehydes is 1. The number of carbonyl (C=O) groups is 1. The van der Waals surface area contributed by atoms with Gasteiger partial charge >= 0.3 is 0 Å². The van der Waals surface area contributed by atoms with Crippen molar-refractivity contribution >= 4 is 6.29 Å². The highest BCUT2D eigenvalue weighted by atomic mass is 16.1. The molecule has 2 aromatic rings. The van der Waals surface area contributed by atoms with E-state index in [9.17, 15) is 4.79 Å². The second kappa shape index (κ2) is 3.96. The van der Waals surface area contributed by atoms with E-state index < -0.39 is 0 Å². The first-order chi connectivity index (χ1) is 7.67. The summed E-state index contributed by atoms with van der Waals surface area (Å²) in [6, 6.07) is 1.89. The summed E-state index contributed by atoms with van der Waals surface area (Å²) in [6.45, 7) is 6.83. The maximum absolute atomic E-state index is 10.9. The average molecular weight is 217 g/mol. The molecular formula is C12H15N3O. The van der Waals surface area contributed by atoms with Crippen LogP contribution in [0.15, 0.2) is 18.5 Å². The molecule has 2 rings (SSSR count). The van der Waals surface area contributed by atoms with E-state index in [1.165, 1.54) is 0 Å². The number of rotatable bonds is 3. The van der Waals surface area contributed by atoms with Crippen molar-refractivity contribution in [1.29, 1.82) is 0 Å². The van der Waals surface area contributed by atoms with E-state index in [1.54, 1.807) is 0 Å². The van der Waals surface area contributed by atoms with E-state index in [0.717, 1.165) is 35.5 Å². The van der Waals surface area contributed by atoms with Crippen LogP contribution in [-0.2, 0) is 6.54 Å². The van der Waals surface area contributed by atoms with Gasteiger partial charge in [-0.15, -0.1) is 0 Å². The molecule has 0 saturated heterocycles. The molecule has 0 atom stereocenters. The summed E-state index contributed by atoms with van der Waals surface area (Å²) in [4.78, 5) is 10.9. The summed E-state index contributed by atoms with van der Waals surface area (Å²) in [5.74, 6) is 0. The monoisotopic (exact) mass is 217 g/mol. The molecule has 2 aromatic heterocycles. The summed E-state index contributed by atoms with van der Waals surface area (Å²) in [7, 11) is 0. The van der Waals surface area contributed by atoms with Gasteiger partial charge in [0.2, 0.25) is 0 Å². The van der Waals surface area contributed by atoms with E-state index in [1.807, 2.05) is 48.5 Å². The van der Waals surface area contributed by atoms with Crippen LogP contribution in [0, 0.1) is 13.8 Å². The molecule has 0 saturated carbocycles. The number of nitrogens with zero attached hydrogens (tertiary/aromatic N) is 3. The molecule has 4 nitrogen and oxygen atoms in total. The Balaban J connectivity index is 2.54. The summed E-state index contributed by atoms with van der Waals surface area (Å²) >= 11 is 0. The van der Waals surface area contributed by atoms with Crippen molar-refractivity contribution in [3.8, 4) is 5.69 Å². The zero-order valence-corrected chi connectivity index (χ0v) is 9.77. The van der Waals surface area contributed by atoms with E-state index in [0.29, 0.717) is 0 Å². The SMILES string of the molecule is CCn1cc(-n2c(C)cc(C=O)c2C)cn1. The minimum atomic E-state index is 0.738. The third kappa shape index (κ3) is 1.56. The quantitative estimate of drug-likeness (QED) is 0.739. The Labute approximate surface area is 94.5 Å². The summed E-state index contributed by atoms with van der Waals surface area (Å²) < 4.78 is 3.91. The van der Waals surface area contributed by atoms with E-state index in [2.05, 4.69) is 5.10 Å². The third-order valence-corrected chi connectivity index (χ3v) is 2.80. The van der Waals surface area contributed by atoms with Gasteiger partial charge in [-0.3, -0.25) is 9.48 Å². The molecule has 0 unspecified atom stereocenters. The van der Waals surface area contributed by atoms with Crippen LogP contribution in [0.3, 0.4) is 0 Å². The molecular weight excluding hydrogens is 202 g/mol. The third-order valence-electron chi connectivity index (χ3n) is 2.80. The Morgan fingerprint density at radius 3 is 2.69 bits per heavy atom. The van der Waals surface area contributed by atoms with Crippen LogP contribution >= 0.6 is 0 Å². The Morgan fingerprint density at radius 2 is 2.19 bits per heavy atom. The standard InChI is InChI=1S/C12H15N3O/c1-4-14-7-12(6-13-14)15-9(2)5-11(8-16)10(15)3/h5-8H,4H2,1-3H3. The molecule has 0 N–H and O–H groups in total. The molecule has 84 valence electrons. The molecule has 0 spiro atoms. The van der Waals surface area contributed by atoms with Gasteiger partial charge in [-0.2, -0.15) is 5.10 Å². The highest BCUT2D eigenvalue weighted by Crippen LogP contribution is 2.18. The Bertz CT molecular complexity index is 522. The van der Waals surface area contributed by atoms with Gasteiger partial charge in [0.1, 0.15) is 0 Å². The van der Waals surface area contributed by atoms with Crippen molar-refractivity contribution < 1.29 is 4.79 Å². The number of carbonyl (C=O) groups excluding carboxylic acids is 1. The smallest absolute Gasteiger partial charge is 0.151 e. The van der Waals surface area contributed by atoms with Gasteiger partial charge in [0.05, 0.1) is 11.9 Å². The van der Waals surface area contributed by atoms with Crippen LogP contribution < -0.4 is 0 Å². The Morgan fingerprint density at radius 1 is 1.44 bits per heavy atom. The van der Waals surface area contributed by atoms with Crippen molar-refractivity contribution in [2.24, 2.45) is 0 Å². The molecule has 2 heterocycles. The molecule has 0 aliphatic carbocycles. The van der Waals surface area contributed by atoms with E-state index in [4.69, 9.17) is 0 Å². The molecule has 0 aromatic carbocycles. The van der Waals surface area contributed by atoms with Crippen molar-refractivity contribution in [3.63, 3.8) is 0 Å². The predicted molar refractivity (Wildman–Crippen MR) is 62.1 cm³/mol. The minimum absolute atomic E-state index is 0.738. The summed E-state index contributed by atoms with van der Waals surface area (Å²) in [5.41, 5.74) is 3.75. The fourth-order valence-electron chi connectivity index (χ4n) is 1.95. The number of hydrogen-bond donors (Lipinski definition) is 0. The lowest BCUT2D eigenvalue weighted by Crippen LogP contribution is -1.98. The van der Waals surface area contributed by atoms with Crippen LogP contribution in [0.5, 0.6) is 0 Å². The largest absolute Gasteiger partial charge is 0.315 e. The van der Waals surface area contributed by atoms with Crippen LogP contribution in [0.25, 0.3) is 5.69 Å². The molecule has 0 fully saturated rings. The van der Waals surface area contributed by atoms with Gasteiger partial charge in [-0.1, -0.05) is 0 Å². The van der Waals surface area contributed by atoms with Crippen molar-refractivity contribution in [1.82, 2.24) is 14.3 Å². The summed E-state index contributed by atoms with van der Waals surface area (Å²) in [5, 5.41) is 4.24. The molecule has 16 heavy (non-hydrogen) atoms. The lowest BCUT2D eigenvalue weighted by molar-refractivity contribution is 0.112. The fraction of sp³-hybridized carbons (Fsp3) is 0.333. The molecule has 0 aliphatic rings. The van der Waals surface area contributed by atoms with Crippen LogP contribution in [-0.4, -0.2) is 20.6 Å². The second-order valence-corrected chi connectivity index (χ2v) is 3.83. The van der Waals surface area contributed by atoms with Crippen molar-refractivity contribution in [3.05, 3.63) is 35.4 Å². The van der Waals surface area contributed by atoms with Gasteiger partial charge < -0.3 is 4.57 Å². The number of aromatic nitrogens is 3. The first kappa shape index (κ1) is 10.7. The van der Waals surface area contributed by atoms with E-state index in [-0.39, 0.29) is 0 Å². The van der Waals surface area contributed by atoms with Gasteiger partial charge in [0.25, 0.3) is 0 Å². The molecule has 0 aliphatic heterocycles. The van der Waals surface area contributed by atoms with Gasteiger partial charge in [-0.25, -0.2) is 0 Å². The summed E-state index contributed by atoms with van der Waals surface area (Å²) in [6.07, 6.45) is 4.69. The molecule has 0 radical (unpaired) electrons. The Hall–Kier alpha value is -1.84. The zero-order valence-electron chi connectivity index (χ0n) is 9.77. The fourth-order valence-corrected chi connectivity index (χ4v) is 1.95. The molecule has 4 heteroatoms. The topological polar surface area (TPSA) is 39.8 Å². The van der Waals surface area contributed by atoms with Gasteiger partial charge in [0.15, 0.2) is 6.29 Å². The zero-order chi connectivity index (χ0) is 11.7. The first-order valence-corrected chi connectivity index (χ1v) is 5.34. The minimum Gasteiger partial charge on any atom is -0.315 e. The first-order valence-electron chi connectivity index (χ1n) is 5.34. The maximum Gasteiger partial charge on any atom is 0.151 e. The molecule has 0 amide bonds. The number of hydrogen-bond acceptors (Lipinski definition) is 2. The van der Waals surface area contributed by atoms with Crippen LogP contribution in [0.1, 0.15) is 28.7 Å². The Kier molecular flexibility index (Phi) is 2.64. The lowest BCUT2D eigenvalue weighted by Gasteiger charge is -2.05. The molecule has 0 bridgehead atoms.